The molecule has 3 rings (SSSR count). The van der Waals surface area contributed by atoms with Gasteiger partial charge in [0.05, 0.1) is 0 Å². The lowest BCUT2D eigenvalue weighted by Gasteiger charge is -2.53. The van der Waals surface area contributed by atoms with Crippen molar-refractivity contribution in [2.45, 2.75) is 33.1 Å². The van der Waals surface area contributed by atoms with Gasteiger partial charge in [-0.2, -0.15) is 12.3 Å². The molecule has 0 aromatic rings. The molecule has 5 unspecified atom stereocenters. The maximum atomic E-state index is 2.46. The van der Waals surface area contributed by atoms with Crippen molar-refractivity contribution in [1.82, 2.24) is 0 Å². The number of fused-ring (bicyclic) bond motifs is 1. The predicted octanol–water partition coefficient (Wildman–Crippen LogP) is 2.89. The Morgan fingerprint density at radius 3 is 2.27 bits per heavy atom. The van der Waals surface area contributed by atoms with E-state index in [0.717, 1.165) is 29.6 Å². The standard InChI is InChI=1S/C11H17/c1-6-3-9(7(6)2)11-5-8-4-10(8)11/h6-7,9-11H,3-5H2,1-2H3/q-1. The predicted molar refractivity (Wildman–Crippen MR) is 45.9 cm³/mol. The highest BCUT2D eigenvalue weighted by Crippen LogP contribution is 2.67. The van der Waals surface area contributed by atoms with Gasteiger partial charge in [-0.3, -0.25) is 0 Å². The molecule has 0 radical (unpaired) electrons. The molecule has 0 N–H and O–H groups in total. The van der Waals surface area contributed by atoms with Crippen LogP contribution < -0.4 is 0 Å². The second-order valence-corrected chi connectivity index (χ2v) is 5.07. The summed E-state index contributed by atoms with van der Waals surface area (Å²) < 4.78 is 0. The Kier molecular flexibility index (Phi) is 1.09. The van der Waals surface area contributed by atoms with E-state index in [0.29, 0.717) is 0 Å². The Morgan fingerprint density at radius 1 is 1.09 bits per heavy atom. The fourth-order valence-electron chi connectivity index (χ4n) is 3.30. The first-order chi connectivity index (χ1) is 5.27. The van der Waals surface area contributed by atoms with Crippen LogP contribution in [0.1, 0.15) is 33.1 Å². The smallest absolute Gasteiger partial charge is 0.0387 e. The van der Waals surface area contributed by atoms with Crippen LogP contribution in [-0.4, -0.2) is 0 Å². The third-order valence-corrected chi connectivity index (χ3v) is 4.63. The van der Waals surface area contributed by atoms with Gasteiger partial charge < -0.3 is 5.92 Å². The fraction of sp³-hybridized carbons (Fsp3) is 0.909. The first kappa shape index (κ1) is 6.51. The first-order valence-corrected chi connectivity index (χ1v) is 5.12. The second-order valence-electron chi connectivity index (χ2n) is 5.07. The highest BCUT2D eigenvalue weighted by atomic mass is 14.6. The van der Waals surface area contributed by atoms with Gasteiger partial charge in [-0.25, -0.2) is 6.42 Å². The lowest BCUT2D eigenvalue weighted by Crippen LogP contribution is -2.41. The van der Waals surface area contributed by atoms with Crippen LogP contribution in [0, 0.1) is 35.5 Å². The third kappa shape index (κ3) is 0.711. The maximum Gasteiger partial charge on any atom is -0.0387 e. The third-order valence-electron chi connectivity index (χ3n) is 4.63. The van der Waals surface area contributed by atoms with Crippen LogP contribution in [0.25, 0.3) is 0 Å². The van der Waals surface area contributed by atoms with Crippen LogP contribution >= 0.6 is 0 Å². The van der Waals surface area contributed by atoms with E-state index in [1.807, 2.05) is 5.92 Å². The average molecular weight is 149 g/mol. The van der Waals surface area contributed by atoms with Gasteiger partial charge in [0.2, 0.25) is 0 Å². The van der Waals surface area contributed by atoms with Gasteiger partial charge in [-0.05, 0) is 24.2 Å². The van der Waals surface area contributed by atoms with Gasteiger partial charge in [0.1, 0.15) is 0 Å². The monoisotopic (exact) mass is 149 g/mol. The SMILES string of the molecule is CC1CC(C2C[C-]3CC32)C1C. The molecule has 0 aliphatic heterocycles. The number of rotatable bonds is 1. The summed E-state index contributed by atoms with van der Waals surface area (Å²) in [6.07, 6.45) is 4.57. The second kappa shape index (κ2) is 1.84. The van der Waals surface area contributed by atoms with E-state index in [-0.39, 0.29) is 0 Å². The van der Waals surface area contributed by atoms with Gasteiger partial charge >= 0.3 is 0 Å². The molecule has 5 atom stereocenters. The summed E-state index contributed by atoms with van der Waals surface area (Å²) in [5.41, 5.74) is 0. The van der Waals surface area contributed by atoms with Gasteiger partial charge in [0.15, 0.2) is 0 Å². The van der Waals surface area contributed by atoms with E-state index in [1.165, 1.54) is 19.3 Å². The normalized spacial score (nSPS) is 61.1. The zero-order chi connectivity index (χ0) is 7.59. The van der Waals surface area contributed by atoms with Crippen LogP contribution in [0.15, 0.2) is 0 Å². The zero-order valence-electron chi connectivity index (χ0n) is 7.51. The Hall–Kier alpha value is 0. The van der Waals surface area contributed by atoms with E-state index >= 15 is 0 Å². The van der Waals surface area contributed by atoms with Gasteiger partial charge in [-0.15, -0.1) is 0 Å². The topological polar surface area (TPSA) is 0 Å². The molecule has 11 heavy (non-hydrogen) atoms. The fourth-order valence-corrected chi connectivity index (χ4v) is 3.30. The summed E-state index contributed by atoms with van der Waals surface area (Å²) in [5, 5.41) is 0. The molecule has 0 heterocycles. The van der Waals surface area contributed by atoms with Gasteiger partial charge in [0, 0.05) is 0 Å². The van der Waals surface area contributed by atoms with E-state index in [2.05, 4.69) is 13.8 Å². The molecule has 0 nitrogen and oxygen atoms in total. The molecule has 0 aromatic carbocycles. The molecule has 3 aliphatic carbocycles. The lowest BCUT2D eigenvalue weighted by atomic mass is 9.57. The van der Waals surface area contributed by atoms with E-state index in [4.69, 9.17) is 0 Å². The van der Waals surface area contributed by atoms with Gasteiger partial charge in [0.25, 0.3) is 0 Å². The van der Waals surface area contributed by atoms with Crippen molar-refractivity contribution in [3.63, 3.8) is 0 Å². The molecule has 3 fully saturated rings. The Labute approximate surface area is 69.4 Å². The van der Waals surface area contributed by atoms with Crippen LogP contribution in [0.4, 0.5) is 0 Å². The molecule has 0 spiro atoms. The van der Waals surface area contributed by atoms with Crippen molar-refractivity contribution in [2.75, 3.05) is 0 Å². The van der Waals surface area contributed by atoms with Crippen LogP contribution in [0.5, 0.6) is 0 Å². The summed E-state index contributed by atoms with van der Waals surface area (Å²) in [6.45, 7) is 4.87. The van der Waals surface area contributed by atoms with Crippen LogP contribution in [0.3, 0.4) is 0 Å². The minimum Gasteiger partial charge on any atom is -0.315 e. The number of hydrogen-bond donors (Lipinski definition) is 0. The Bertz CT molecular complexity index is 184. The molecule has 3 aliphatic rings. The Morgan fingerprint density at radius 2 is 1.91 bits per heavy atom. The molecular weight excluding hydrogens is 132 g/mol. The van der Waals surface area contributed by atoms with E-state index in [1.54, 1.807) is 0 Å². The summed E-state index contributed by atoms with van der Waals surface area (Å²) in [5.74, 6) is 7.39. The van der Waals surface area contributed by atoms with Crippen molar-refractivity contribution >= 4 is 0 Å². The van der Waals surface area contributed by atoms with E-state index < -0.39 is 0 Å². The summed E-state index contributed by atoms with van der Waals surface area (Å²) in [6, 6.07) is 0. The van der Waals surface area contributed by atoms with Crippen molar-refractivity contribution < 1.29 is 0 Å². The maximum absolute atomic E-state index is 2.46. The molecule has 0 saturated heterocycles. The van der Waals surface area contributed by atoms with Crippen molar-refractivity contribution in [1.29, 1.82) is 0 Å². The number of hydrogen-bond acceptors (Lipinski definition) is 0. The lowest BCUT2D eigenvalue weighted by molar-refractivity contribution is 0.0238. The molecule has 0 amide bonds. The molecule has 0 heteroatoms. The van der Waals surface area contributed by atoms with Crippen molar-refractivity contribution in [2.24, 2.45) is 29.6 Å². The Balaban J connectivity index is 1.64. The van der Waals surface area contributed by atoms with Crippen LogP contribution in [0.2, 0.25) is 0 Å². The molecule has 0 bridgehead atoms. The van der Waals surface area contributed by atoms with Gasteiger partial charge in [-0.1, -0.05) is 19.8 Å². The molecule has 0 aromatic heterocycles. The first-order valence-electron chi connectivity index (χ1n) is 5.12. The highest BCUT2D eigenvalue weighted by Gasteiger charge is 2.48. The molecular formula is C11H17-. The van der Waals surface area contributed by atoms with E-state index in [9.17, 15) is 0 Å². The zero-order valence-corrected chi connectivity index (χ0v) is 7.51. The van der Waals surface area contributed by atoms with Crippen molar-refractivity contribution in [3.8, 4) is 0 Å². The van der Waals surface area contributed by atoms with Crippen molar-refractivity contribution in [3.05, 3.63) is 5.92 Å². The summed E-state index contributed by atoms with van der Waals surface area (Å²) in [4.78, 5) is 0. The molecule has 62 valence electrons. The van der Waals surface area contributed by atoms with Crippen LogP contribution in [-0.2, 0) is 0 Å². The quantitative estimate of drug-likeness (QED) is 0.503. The highest BCUT2D eigenvalue weighted by molar-refractivity contribution is 5.27. The minimum atomic E-state index is 1.03. The minimum absolute atomic E-state index is 1.03. The molecule has 3 saturated carbocycles. The summed E-state index contributed by atoms with van der Waals surface area (Å²) >= 11 is 0. The largest absolute Gasteiger partial charge is 0.315 e. The summed E-state index contributed by atoms with van der Waals surface area (Å²) in [7, 11) is 0. The average Bonchev–Trinajstić information content (AvgIpc) is 2.60.